The molecule has 0 radical (unpaired) electrons. The van der Waals surface area contributed by atoms with E-state index < -0.39 is 16.2 Å². The van der Waals surface area contributed by atoms with Crippen LogP contribution in [0.15, 0.2) is 5.18 Å². The first-order valence-corrected chi connectivity index (χ1v) is 3.91. The zero-order chi connectivity index (χ0) is 6.91. The minimum atomic E-state index is -3.40. The summed E-state index contributed by atoms with van der Waals surface area (Å²) < 4.78 is 25.0. The van der Waals surface area contributed by atoms with Crippen molar-refractivity contribution < 1.29 is 12.6 Å². The standard InChI is InChI=1S/C3H5NO4S/c5-4-3-1-8-9(6,7)2-3/h3H,1-2H2. The van der Waals surface area contributed by atoms with Crippen LogP contribution < -0.4 is 0 Å². The first-order valence-electron chi connectivity index (χ1n) is 2.33. The van der Waals surface area contributed by atoms with Crippen LogP contribution in [0.3, 0.4) is 0 Å². The van der Waals surface area contributed by atoms with Gasteiger partial charge in [0.25, 0.3) is 10.1 Å². The molecule has 0 N–H and O–H groups in total. The van der Waals surface area contributed by atoms with Crippen LogP contribution in [0, 0.1) is 4.91 Å². The predicted molar refractivity (Wildman–Crippen MR) is 29.3 cm³/mol. The minimum absolute atomic E-state index is 0.0914. The van der Waals surface area contributed by atoms with Gasteiger partial charge in [0.05, 0.1) is 6.61 Å². The van der Waals surface area contributed by atoms with Crippen LogP contribution in [0.4, 0.5) is 0 Å². The Balaban J connectivity index is 2.68. The first kappa shape index (κ1) is 6.63. The lowest BCUT2D eigenvalue weighted by Crippen LogP contribution is -2.07. The Bertz CT molecular complexity index is 208. The van der Waals surface area contributed by atoms with E-state index in [1.807, 2.05) is 0 Å². The Kier molecular flexibility index (Phi) is 1.50. The third-order valence-corrected chi connectivity index (χ3v) is 2.27. The second-order valence-corrected chi connectivity index (χ2v) is 3.45. The van der Waals surface area contributed by atoms with Crippen LogP contribution in [0.25, 0.3) is 0 Å². The van der Waals surface area contributed by atoms with E-state index in [1.54, 1.807) is 0 Å². The smallest absolute Gasteiger partial charge is 0.268 e. The highest BCUT2D eigenvalue weighted by Gasteiger charge is 2.29. The van der Waals surface area contributed by atoms with Crippen LogP contribution in [0.5, 0.6) is 0 Å². The molecule has 5 nitrogen and oxygen atoms in total. The summed E-state index contributed by atoms with van der Waals surface area (Å²) in [5, 5.41) is 2.53. The van der Waals surface area contributed by atoms with Crippen molar-refractivity contribution in [2.45, 2.75) is 6.04 Å². The number of rotatable bonds is 1. The maximum atomic E-state index is 10.4. The van der Waals surface area contributed by atoms with Crippen molar-refractivity contribution in [2.75, 3.05) is 12.4 Å². The summed E-state index contributed by atoms with van der Waals surface area (Å²) in [4.78, 5) is 9.70. The summed E-state index contributed by atoms with van der Waals surface area (Å²) in [6.07, 6.45) is 0. The minimum Gasteiger partial charge on any atom is -0.268 e. The summed E-state index contributed by atoms with van der Waals surface area (Å²) in [5.41, 5.74) is 0. The molecule has 0 spiro atoms. The van der Waals surface area contributed by atoms with Gasteiger partial charge in [0.2, 0.25) is 0 Å². The van der Waals surface area contributed by atoms with Gasteiger partial charge in [-0.1, -0.05) is 5.18 Å². The zero-order valence-electron chi connectivity index (χ0n) is 4.48. The Morgan fingerprint density at radius 1 is 1.56 bits per heavy atom. The van der Waals surface area contributed by atoms with Crippen molar-refractivity contribution in [3.8, 4) is 0 Å². The SMILES string of the molecule is O=NC1COS(=O)(=O)C1. The fourth-order valence-corrected chi connectivity index (χ4v) is 1.66. The van der Waals surface area contributed by atoms with Gasteiger partial charge in [-0.3, -0.25) is 4.18 Å². The van der Waals surface area contributed by atoms with Crippen LogP contribution in [0.2, 0.25) is 0 Å². The second kappa shape index (κ2) is 2.03. The molecule has 1 rings (SSSR count). The van der Waals surface area contributed by atoms with Crippen molar-refractivity contribution in [3.05, 3.63) is 4.91 Å². The molecule has 1 atom stereocenters. The molecule has 52 valence electrons. The average molecular weight is 151 g/mol. The zero-order valence-corrected chi connectivity index (χ0v) is 5.30. The molecule has 1 aliphatic heterocycles. The molecule has 9 heavy (non-hydrogen) atoms. The van der Waals surface area contributed by atoms with Gasteiger partial charge in [0.15, 0.2) is 0 Å². The van der Waals surface area contributed by atoms with Crippen molar-refractivity contribution >= 4 is 10.1 Å². The predicted octanol–water partition coefficient (Wildman–Crippen LogP) is -0.519. The molecule has 0 bridgehead atoms. The topological polar surface area (TPSA) is 72.8 Å². The molecule has 0 saturated carbocycles. The van der Waals surface area contributed by atoms with Gasteiger partial charge in [-0.2, -0.15) is 13.3 Å². The molecule has 6 heteroatoms. The van der Waals surface area contributed by atoms with Crippen LogP contribution in [0.1, 0.15) is 0 Å². The van der Waals surface area contributed by atoms with Gasteiger partial charge in [-0.05, 0) is 0 Å². The molecule has 1 saturated heterocycles. The quantitative estimate of drug-likeness (QED) is 0.373. The lowest BCUT2D eigenvalue weighted by atomic mass is 10.4. The van der Waals surface area contributed by atoms with Gasteiger partial charge < -0.3 is 0 Å². The third-order valence-electron chi connectivity index (χ3n) is 0.986. The molecular weight excluding hydrogens is 146 g/mol. The normalized spacial score (nSPS) is 32.2. The van der Waals surface area contributed by atoms with E-state index in [0.29, 0.717) is 0 Å². The maximum Gasteiger partial charge on any atom is 0.269 e. The Morgan fingerprint density at radius 3 is 2.44 bits per heavy atom. The van der Waals surface area contributed by atoms with Crippen molar-refractivity contribution in [2.24, 2.45) is 5.18 Å². The van der Waals surface area contributed by atoms with Gasteiger partial charge in [0.1, 0.15) is 11.8 Å². The van der Waals surface area contributed by atoms with E-state index in [2.05, 4.69) is 9.36 Å². The van der Waals surface area contributed by atoms with Crippen molar-refractivity contribution in [3.63, 3.8) is 0 Å². The number of nitroso groups, excluding NO2 is 1. The first-order chi connectivity index (χ1) is 4.14. The lowest BCUT2D eigenvalue weighted by molar-refractivity contribution is 0.340. The third kappa shape index (κ3) is 1.46. The number of nitrogens with zero attached hydrogens (tertiary/aromatic N) is 1. The van der Waals surface area contributed by atoms with Gasteiger partial charge in [-0.15, -0.1) is 0 Å². The van der Waals surface area contributed by atoms with E-state index in [1.165, 1.54) is 0 Å². The summed E-state index contributed by atoms with van der Waals surface area (Å²) in [6, 6.07) is -0.699. The largest absolute Gasteiger partial charge is 0.269 e. The Labute approximate surface area is 52.1 Å². The highest BCUT2D eigenvalue weighted by atomic mass is 32.2. The van der Waals surface area contributed by atoms with Crippen LogP contribution >= 0.6 is 0 Å². The fourth-order valence-electron chi connectivity index (χ4n) is 0.575. The number of hydrogen-bond acceptors (Lipinski definition) is 5. The van der Waals surface area contributed by atoms with Gasteiger partial charge in [0, 0.05) is 0 Å². The maximum absolute atomic E-state index is 10.4. The molecular formula is C3H5NO4S. The summed E-state index contributed by atoms with van der Waals surface area (Å²) in [5.74, 6) is -0.267. The molecule has 1 heterocycles. The van der Waals surface area contributed by atoms with E-state index in [0.717, 1.165) is 0 Å². The van der Waals surface area contributed by atoms with Crippen molar-refractivity contribution in [1.29, 1.82) is 0 Å². The van der Waals surface area contributed by atoms with E-state index in [4.69, 9.17) is 0 Å². The van der Waals surface area contributed by atoms with E-state index >= 15 is 0 Å². The average Bonchev–Trinajstić information content (AvgIpc) is 2.10. The number of hydrogen-bond donors (Lipinski definition) is 0. The second-order valence-electron chi connectivity index (χ2n) is 1.77. The molecule has 0 aliphatic carbocycles. The van der Waals surface area contributed by atoms with Crippen molar-refractivity contribution in [1.82, 2.24) is 0 Å². The lowest BCUT2D eigenvalue weighted by Gasteiger charge is -1.84. The molecule has 1 fully saturated rings. The monoisotopic (exact) mass is 151 g/mol. The Hall–Kier alpha value is -0.490. The van der Waals surface area contributed by atoms with E-state index in [-0.39, 0.29) is 12.4 Å². The van der Waals surface area contributed by atoms with Gasteiger partial charge >= 0.3 is 0 Å². The summed E-state index contributed by atoms with van der Waals surface area (Å²) >= 11 is 0. The van der Waals surface area contributed by atoms with Gasteiger partial charge in [-0.25, -0.2) is 0 Å². The highest BCUT2D eigenvalue weighted by molar-refractivity contribution is 7.87. The summed E-state index contributed by atoms with van der Waals surface area (Å²) in [6.45, 7) is -0.0914. The molecule has 1 unspecified atom stereocenters. The molecule has 0 aromatic carbocycles. The van der Waals surface area contributed by atoms with Crippen LogP contribution in [-0.2, 0) is 14.3 Å². The van der Waals surface area contributed by atoms with E-state index in [9.17, 15) is 13.3 Å². The fraction of sp³-hybridized carbons (Fsp3) is 1.00. The Morgan fingerprint density at radius 2 is 2.22 bits per heavy atom. The molecule has 0 aromatic heterocycles. The molecule has 1 aliphatic rings. The highest BCUT2D eigenvalue weighted by Crippen LogP contribution is 2.10. The van der Waals surface area contributed by atoms with Crippen LogP contribution in [-0.4, -0.2) is 26.8 Å². The summed E-state index contributed by atoms with van der Waals surface area (Å²) in [7, 11) is -3.40. The molecule has 0 amide bonds. The molecule has 0 aromatic rings.